The van der Waals surface area contributed by atoms with Gasteiger partial charge in [0, 0.05) is 49.8 Å². The number of aromatic amines is 1. The number of aryl methyl sites for hydroxylation is 1. The SMILES string of the molecule is c1ccc2c(c1)OCC(CN1CCN(CCCc3c[nH]c4ccccc34)CC1)O2. The second-order valence-electron chi connectivity index (χ2n) is 8.10. The molecular formula is C24H29N3O2. The summed E-state index contributed by atoms with van der Waals surface area (Å²) in [5, 5.41) is 1.37. The predicted molar refractivity (Wildman–Crippen MR) is 116 cm³/mol. The molecule has 2 aliphatic rings. The Bertz CT molecular complexity index is 946. The molecule has 1 unspecified atom stereocenters. The van der Waals surface area contributed by atoms with E-state index in [1.54, 1.807) is 0 Å². The lowest BCUT2D eigenvalue weighted by molar-refractivity contribution is 0.0402. The van der Waals surface area contributed by atoms with Gasteiger partial charge >= 0.3 is 0 Å². The third-order valence-corrected chi connectivity index (χ3v) is 6.09. The lowest BCUT2D eigenvalue weighted by Crippen LogP contribution is -2.50. The molecule has 5 nitrogen and oxygen atoms in total. The highest BCUT2D eigenvalue weighted by molar-refractivity contribution is 5.82. The number of piperazine rings is 1. The van der Waals surface area contributed by atoms with Gasteiger partial charge in [-0.15, -0.1) is 0 Å². The number of para-hydroxylation sites is 3. The molecule has 2 aliphatic heterocycles. The molecule has 1 N–H and O–H groups in total. The van der Waals surface area contributed by atoms with E-state index in [1.807, 2.05) is 24.3 Å². The Morgan fingerprint density at radius 3 is 2.55 bits per heavy atom. The second kappa shape index (κ2) is 8.47. The van der Waals surface area contributed by atoms with Gasteiger partial charge in [0.05, 0.1) is 0 Å². The van der Waals surface area contributed by atoms with Crippen LogP contribution >= 0.6 is 0 Å². The van der Waals surface area contributed by atoms with E-state index in [0.717, 1.165) is 50.6 Å². The number of H-pyrrole nitrogens is 1. The molecule has 2 aromatic carbocycles. The predicted octanol–water partition coefficient (Wildman–Crippen LogP) is 3.56. The van der Waals surface area contributed by atoms with Crippen LogP contribution in [-0.2, 0) is 6.42 Å². The van der Waals surface area contributed by atoms with Crippen LogP contribution in [0.25, 0.3) is 10.9 Å². The Kier molecular flexibility index (Phi) is 5.41. The number of benzene rings is 2. The Morgan fingerprint density at radius 2 is 1.66 bits per heavy atom. The maximum absolute atomic E-state index is 6.12. The number of aromatic nitrogens is 1. The van der Waals surface area contributed by atoms with E-state index in [9.17, 15) is 0 Å². The third kappa shape index (κ3) is 4.26. The summed E-state index contributed by atoms with van der Waals surface area (Å²) in [4.78, 5) is 8.49. The molecule has 0 radical (unpaired) electrons. The van der Waals surface area contributed by atoms with Gasteiger partial charge in [0.15, 0.2) is 11.5 Å². The van der Waals surface area contributed by atoms with Crippen LogP contribution < -0.4 is 9.47 Å². The largest absolute Gasteiger partial charge is 0.486 e. The van der Waals surface area contributed by atoms with Crippen molar-refractivity contribution in [2.45, 2.75) is 18.9 Å². The summed E-state index contributed by atoms with van der Waals surface area (Å²) >= 11 is 0. The number of hydrogen-bond donors (Lipinski definition) is 1. The highest BCUT2D eigenvalue weighted by atomic mass is 16.6. The van der Waals surface area contributed by atoms with Gasteiger partial charge in [-0.05, 0) is 43.1 Å². The summed E-state index contributed by atoms with van der Waals surface area (Å²) in [7, 11) is 0. The molecule has 1 fully saturated rings. The number of nitrogens with zero attached hydrogens (tertiary/aromatic N) is 2. The van der Waals surface area contributed by atoms with Gasteiger partial charge in [0.2, 0.25) is 0 Å². The summed E-state index contributed by atoms with van der Waals surface area (Å²) in [5.74, 6) is 1.74. The Hall–Kier alpha value is -2.50. The molecule has 3 heterocycles. The Labute approximate surface area is 172 Å². The first-order chi connectivity index (χ1) is 14.3. The van der Waals surface area contributed by atoms with Crippen LogP contribution in [0.15, 0.2) is 54.7 Å². The number of fused-ring (bicyclic) bond motifs is 2. The zero-order chi connectivity index (χ0) is 19.5. The van der Waals surface area contributed by atoms with E-state index in [2.05, 4.69) is 45.2 Å². The monoisotopic (exact) mass is 391 g/mol. The fraction of sp³-hybridized carbons (Fsp3) is 0.417. The Balaban J connectivity index is 1.05. The van der Waals surface area contributed by atoms with Crippen LogP contribution in [-0.4, -0.2) is 66.8 Å². The number of nitrogens with one attached hydrogen (secondary N) is 1. The molecule has 0 aliphatic carbocycles. The highest BCUT2D eigenvalue weighted by Gasteiger charge is 2.25. The van der Waals surface area contributed by atoms with Gasteiger partial charge in [0.1, 0.15) is 12.7 Å². The summed E-state index contributed by atoms with van der Waals surface area (Å²) in [5.41, 5.74) is 2.68. The van der Waals surface area contributed by atoms with Crippen molar-refractivity contribution in [3.63, 3.8) is 0 Å². The van der Waals surface area contributed by atoms with Crippen molar-refractivity contribution in [1.82, 2.24) is 14.8 Å². The molecular weight excluding hydrogens is 362 g/mol. The van der Waals surface area contributed by atoms with Gasteiger partial charge in [-0.2, -0.15) is 0 Å². The van der Waals surface area contributed by atoms with Crippen molar-refractivity contribution in [3.8, 4) is 11.5 Å². The molecule has 0 bridgehead atoms. The zero-order valence-corrected chi connectivity index (χ0v) is 16.8. The maximum Gasteiger partial charge on any atom is 0.161 e. The first-order valence-electron chi connectivity index (χ1n) is 10.7. The number of rotatable bonds is 6. The molecule has 152 valence electrons. The number of hydrogen-bond acceptors (Lipinski definition) is 4. The van der Waals surface area contributed by atoms with Crippen LogP contribution in [0.5, 0.6) is 11.5 Å². The maximum atomic E-state index is 6.12. The quantitative estimate of drug-likeness (QED) is 0.698. The van der Waals surface area contributed by atoms with Crippen molar-refractivity contribution < 1.29 is 9.47 Å². The summed E-state index contributed by atoms with van der Waals surface area (Å²) in [6.45, 7) is 7.24. The normalized spacial score (nSPS) is 20.2. The first kappa shape index (κ1) is 18.5. The smallest absolute Gasteiger partial charge is 0.161 e. The van der Waals surface area contributed by atoms with Crippen molar-refractivity contribution in [3.05, 3.63) is 60.3 Å². The van der Waals surface area contributed by atoms with E-state index >= 15 is 0 Å². The van der Waals surface area contributed by atoms with E-state index < -0.39 is 0 Å². The van der Waals surface area contributed by atoms with Gasteiger partial charge in [0.25, 0.3) is 0 Å². The standard InChI is InChI=1S/C24H29N3O2/c1-2-8-22-21(7-1)19(16-25-22)6-5-11-26-12-14-27(15-13-26)17-20-18-28-23-9-3-4-10-24(23)29-20/h1-4,7-10,16,20,25H,5-6,11-15,17-18H2. The molecule has 29 heavy (non-hydrogen) atoms. The molecule has 0 spiro atoms. The highest BCUT2D eigenvalue weighted by Crippen LogP contribution is 2.31. The average molecular weight is 392 g/mol. The molecule has 1 saturated heterocycles. The molecule has 3 aromatic rings. The number of ether oxygens (including phenoxy) is 2. The molecule has 5 rings (SSSR count). The van der Waals surface area contributed by atoms with Crippen LogP contribution in [0.1, 0.15) is 12.0 Å². The van der Waals surface area contributed by atoms with Crippen LogP contribution in [0.4, 0.5) is 0 Å². The topological polar surface area (TPSA) is 40.7 Å². The minimum absolute atomic E-state index is 0.123. The van der Waals surface area contributed by atoms with Crippen molar-refractivity contribution in [1.29, 1.82) is 0 Å². The van der Waals surface area contributed by atoms with Crippen molar-refractivity contribution in [2.24, 2.45) is 0 Å². The lowest BCUT2D eigenvalue weighted by atomic mass is 10.1. The molecule has 1 aromatic heterocycles. The molecule has 0 saturated carbocycles. The summed E-state index contributed by atoms with van der Waals surface area (Å²) in [6.07, 6.45) is 4.64. The van der Waals surface area contributed by atoms with Gasteiger partial charge in [-0.1, -0.05) is 30.3 Å². The zero-order valence-electron chi connectivity index (χ0n) is 16.8. The molecule has 0 amide bonds. The van der Waals surface area contributed by atoms with Crippen LogP contribution in [0, 0.1) is 0 Å². The van der Waals surface area contributed by atoms with E-state index in [4.69, 9.17) is 9.47 Å². The van der Waals surface area contributed by atoms with E-state index in [1.165, 1.54) is 29.4 Å². The summed E-state index contributed by atoms with van der Waals surface area (Å²) < 4.78 is 12.0. The fourth-order valence-electron chi connectivity index (χ4n) is 4.47. The first-order valence-corrected chi connectivity index (χ1v) is 10.7. The third-order valence-electron chi connectivity index (χ3n) is 6.09. The molecule has 1 atom stereocenters. The molecule has 5 heteroatoms. The van der Waals surface area contributed by atoms with Gasteiger partial charge in [-0.3, -0.25) is 4.90 Å². The fourth-order valence-corrected chi connectivity index (χ4v) is 4.47. The van der Waals surface area contributed by atoms with Crippen LogP contribution in [0.3, 0.4) is 0 Å². The minimum Gasteiger partial charge on any atom is -0.486 e. The van der Waals surface area contributed by atoms with E-state index in [-0.39, 0.29) is 6.10 Å². The van der Waals surface area contributed by atoms with Crippen LogP contribution in [0.2, 0.25) is 0 Å². The minimum atomic E-state index is 0.123. The van der Waals surface area contributed by atoms with Gasteiger partial charge < -0.3 is 19.4 Å². The van der Waals surface area contributed by atoms with Crippen molar-refractivity contribution in [2.75, 3.05) is 45.9 Å². The van der Waals surface area contributed by atoms with Gasteiger partial charge in [-0.25, -0.2) is 0 Å². The average Bonchev–Trinajstić information content (AvgIpc) is 3.18. The lowest BCUT2D eigenvalue weighted by Gasteiger charge is -2.37. The van der Waals surface area contributed by atoms with E-state index in [0.29, 0.717) is 6.61 Å². The Morgan fingerprint density at radius 1 is 0.897 bits per heavy atom. The van der Waals surface area contributed by atoms with Crippen molar-refractivity contribution >= 4 is 10.9 Å². The second-order valence-corrected chi connectivity index (χ2v) is 8.10. The summed E-state index contributed by atoms with van der Waals surface area (Å²) in [6, 6.07) is 16.5.